The number of amides is 1. The van der Waals surface area contributed by atoms with E-state index >= 15 is 0 Å². The number of carbonyl (C=O) groups is 1. The fourth-order valence-electron chi connectivity index (χ4n) is 2.15. The lowest BCUT2D eigenvalue weighted by molar-refractivity contribution is -0.124. The number of ether oxygens (including phenoxy) is 1. The Bertz CT molecular complexity index is 776. The molecule has 0 radical (unpaired) electrons. The van der Waals surface area contributed by atoms with Crippen molar-refractivity contribution >= 4 is 33.5 Å². The van der Waals surface area contributed by atoms with E-state index in [4.69, 9.17) is 9.15 Å². The predicted molar refractivity (Wildman–Crippen MR) is 78.8 cm³/mol. The summed E-state index contributed by atoms with van der Waals surface area (Å²) in [7, 11) is 1.51. The van der Waals surface area contributed by atoms with E-state index in [-0.39, 0.29) is 5.91 Å². The molecule has 1 unspecified atom stereocenters. The highest BCUT2D eigenvalue weighted by atomic mass is 16.5. The maximum Gasteiger partial charge on any atom is 0.253 e. The minimum atomic E-state index is -0.480. The van der Waals surface area contributed by atoms with E-state index in [9.17, 15) is 4.79 Å². The standard InChI is InChI=1S/C16H15NO3/c1-10(19-2)16(18)17-11-7-8-15-13(9-11)12-5-3-4-6-14(12)20-15/h3-10H,1-2H3,(H,17,18). The first-order valence-electron chi connectivity index (χ1n) is 6.44. The molecule has 1 atom stereocenters. The molecule has 3 rings (SSSR count). The quantitative estimate of drug-likeness (QED) is 0.791. The molecule has 2 aromatic carbocycles. The molecule has 0 bridgehead atoms. The molecule has 102 valence electrons. The van der Waals surface area contributed by atoms with Gasteiger partial charge in [0.2, 0.25) is 0 Å². The van der Waals surface area contributed by atoms with Gasteiger partial charge >= 0.3 is 0 Å². The highest BCUT2D eigenvalue weighted by Crippen LogP contribution is 2.30. The van der Waals surface area contributed by atoms with E-state index in [1.165, 1.54) is 7.11 Å². The fourth-order valence-corrected chi connectivity index (χ4v) is 2.15. The van der Waals surface area contributed by atoms with Crippen LogP contribution in [0.2, 0.25) is 0 Å². The summed E-state index contributed by atoms with van der Waals surface area (Å²) in [5.74, 6) is -0.167. The Morgan fingerprint density at radius 1 is 1.15 bits per heavy atom. The van der Waals surface area contributed by atoms with Gasteiger partial charge in [0.15, 0.2) is 0 Å². The fraction of sp³-hybridized carbons (Fsp3) is 0.188. The number of nitrogens with one attached hydrogen (secondary N) is 1. The van der Waals surface area contributed by atoms with Crippen molar-refractivity contribution in [1.82, 2.24) is 0 Å². The number of methoxy groups -OCH3 is 1. The van der Waals surface area contributed by atoms with Crippen LogP contribution in [-0.2, 0) is 9.53 Å². The van der Waals surface area contributed by atoms with E-state index < -0.39 is 6.10 Å². The van der Waals surface area contributed by atoms with Gasteiger partial charge < -0.3 is 14.5 Å². The Morgan fingerprint density at radius 2 is 1.90 bits per heavy atom. The number of hydrogen-bond acceptors (Lipinski definition) is 3. The first-order valence-corrected chi connectivity index (χ1v) is 6.44. The summed E-state index contributed by atoms with van der Waals surface area (Å²) in [4.78, 5) is 11.8. The molecule has 0 aliphatic rings. The van der Waals surface area contributed by atoms with Crippen molar-refractivity contribution in [2.75, 3.05) is 12.4 Å². The Labute approximate surface area is 116 Å². The van der Waals surface area contributed by atoms with Crippen molar-refractivity contribution in [1.29, 1.82) is 0 Å². The SMILES string of the molecule is COC(C)C(=O)Nc1ccc2oc3ccccc3c2c1. The highest BCUT2D eigenvalue weighted by Gasteiger charge is 2.13. The number of furan rings is 1. The van der Waals surface area contributed by atoms with Gasteiger partial charge in [-0.3, -0.25) is 4.79 Å². The van der Waals surface area contributed by atoms with Crippen LogP contribution in [0.25, 0.3) is 21.9 Å². The molecule has 0 saturated carbocycles. The van der Waals surface area contributed by atoms with Crippen molar-refractivity contribution in [2.24, 2.45) is 0 Å². The van der Waals surface area contributed by atoms with Gasteiger partial charge in [0.05, 0.1) is 0 Å². The van der Waals surface area contributed by atoms with Crippen LogP contribution in [0.5, 0.6) is 0 Å². The molecule has 1 amide bonds. The molecule has 0 saturated heterocycles. The van der Waals surface area contributed by atoms with Crippen molar-refractivity contribution in [3.63, 3.8) is 0 Å². The number of hydrogen-bond donors (Lipinski definition) is 1. The summed E-state index contributed by atoms with van der Waals surface area (Å²) < 4.78 is 10.7. The highest BCUT2D eigenvalue weighted by molar-refractivity contribution is 6.07. The normalized spacial score (nSPS) is 12.7. The zero-order chi connectivity index (χ0) is 14.1. The lowest BCUT2D eigenvalue weighted by Gasteiger charge is -2.10. The van der Waals surface area contributed by atoms with Gasteiger partial charge in [0, 0.05) is 23.6 Å². The molecule has 1 heterocycles. The van der Waals surface area contributed by atoms with Crippen LogP contribution in [0.15, 0.2) is 46.9 Å². The monoisotopic (exact) mass is 269 g/mol. The van der Waals surface area contributed by atoms with Crippen molar-refractivity contribution < 1.29 is 13.9 Å². The van der Waals surface area contributed by atoms with E-state index in [0.29, 0.717) is 0 Å². The summed E-state index contributed by atoms with van der Waals surface area (Å²) in [6.45, 7) is 1.71. The molecule has 0 aliphatic heterocycles. The zero-order valence-electron chi connectivity index (χ0n) is 11.3. The number of anilines is 1. The molecule has 3 aromatic rings. The number of para-hydroxylation sites is 1. The first-order chi connectivity index (χ1) is 9.69. The van der Waals surface area contributed by atoms with Crippen LogP contribution in [0.4, 0.5) is 5.69 Å². The predicted octanol–water partition coefficient (Wildman–Crippen LogP) is 3.56. The van der Waals surface area contributed by atoms with Gasteiger partial charge in [-0.1, -0.05) is 18.2 Å². The molecule has 0 fully saturated rings. The number of rotatable bonds is 3. The van der Waals surface area contributed by atoms with Gasteiger partial charge in [-0.2, -0.15) is 0 Å². The lowest BCUT2D eigenvalue weighted by atomic mass is 10.1. The maximum atomic E-state index is 11.8. The first kappa shape index (κ1) is 12.7. The molecular formula is C16H15NO3. The van der Waals surface area contributed by atoms with E-state index in [1.54, 1.807) is 6.92 Å². The third-order valence-corrected chi connectivity index (χ3v) is 3.37. The summed E-state index contributed by atoms with van der Waals surface area (Å²) in [6, 6.07) is 13.4. The smallest absolute Gasteiger partial charge is 0.253 e. The lowest BCUT2D eigenvalue weighted by Crippen LogP contribution is -2.26. The molecule has 4 heteroatoms. The Kier molecular flexibility index (Phi) is 3.16. The summed E-state index contributed by atoms with van der Waals surface area (Å²) in [5.41, 5.74) is 2.39. The minimum Gasteiger partial charge on any atom is -0.456 e. The molecule has 0 aliphatic carbocycles. The summed E-state index contributed by atoms with van der Waals surface area (Å²) in [6.07, 6.45) is -0.480. The number of carbonyl (C=O) groups excluding carboxylic acids is 1. The molecule has 20 heavy (non-hydrogen) atoms. The van der Waals surface area contributed by atoms with Crippen LogP contribution in [0, 0.1) is 0 Å². The number of fused-ring (bicyclic) bond motifs is 3. The number of benzene rings is 2. The molecule has 0 spiro atoms. The van der Waals surface area contributed by atoms with Crippen LogP contribution in [0.3, 0.4) is 0 Å². The average Bonchev–Trinajstić information content (AvgIpc) is 2.84. The Balaban J connectivity index is 2.01. The minimum absolute atomic E-state index is 0.167. The largest absolute Gasteiger partial charge is 0.456 e. The van der Waals surface area contributed by atoms with Crippen molar-refractivity contribution in [3.8, 4) is 0 Å². The average molecular weight is 269 g/mol. The third-order valence-electron chi connectivity index (χ3n) is 3.37. The Hall–Kier alpha value is -2.33. The molecule has 4 nitrogen and oxygen atoms in total. The van der Waals surface area contributed by atoms with Gasteiger partial charge in [-0.25, -0.2) is 0 Å². The second kappa shape index (κ2) is 4.98. The Morgan fingerprint density at radius 3 is 2.70 bits per heavy atom. The second-order valence-electron chi connectivity index (χ2n) is 4.68. The van der Waals surface area contributed by atoms with E-state index in [1.807, 2.05) is 42.5 Å². The van der Waals surface area contributed by atoms with Gasteiger partial charge in [0.25, 0.3) is 5.91 Å². The van der Waals surface area contributed by atoms with E-state index in [0.717, 1.165) is 27.6 Å². The molecular weight excluding hydrogens is 254 g/mol. The summed E-state index contributed by atoms with van der Waals surface area (Å²) in [5, 5.41) is 4.86. The van der Waals surface area contributed by atoms with Gasteiger partial charge in [0.1, 0.15) is 17.3 Å². The van der Waals surface area contributed by atoms with E-state index in [2.05, 4.69) is 5.32 Å². The van der Waals surface area contributed by atoms with Crippen molar-refractivity contribution in [2.45, 2.75) is 13.0 Å². The van der Waals surface area contributed by atoms with Gasteiger partial charge in [-0.15, -0.1) is 0 Å². The third kappa shape index (κ3) is 2.14. The van der Waals surface area contributed by atoms with Crippen LogP contribution < -0.4 is 5.32 Å². The topological polar surface area (TPSA) is 51.5 Å². The molecule has 1 N–H and O–H groups in total. The van der Waals surface area contributed by atoms with Crippen LogP contribution in [-0.4, -0.2) is 19.1 Å². The van der Waals surface area contributed by atoms with Crippen LogP contribution >= 0.6 is 0 Å². The summed E-state index contributed by atoms with van der Waals surface area (Å²) >= 11 is 0. The van der Waals surface area contributed by atoms with Gasteiger partial charge in [-0.05, 0) is 31.2 Å². The van der Waals surface area contributed by atoms with Crippen LogP contribution in [0.1, 0.15) is 6.92 Å². The maximum absolute atomic E-state index is 11.8. The zero-order valence-corrected chi connectivity index (χ0v) is 11.3. The van der Waals surface area contributed by atoms with Crippen molar-refractivity contribution in [3.05, 3.63) is 42.5 Å². The second-order valence-corrected chi connectivity index (χ2v) is 4.68. The molecule has 1 aromatic heterocycles.